The van der Waals surface area contributed by atoms with Gasteiger partial charge in [-0.15, -0.1) is 0 Å². The van der Waals surface area contributed by atoms with E-state index in [0.29, 0.717) is 18.1 Å². The zero-order chi connectivity index (χ0) is 12.3. The average Bonchev–Trinajstić information content (AvgIpc) is 2.85. The van der Waals surface area contributed by atoms with Crippen molar-refractivity contribution in [2.75, 3.05) is 24.2 Å². The van der Waals surface area contributed by atoms with Crippen molar-refractivity contribution >= 4 is 28.7 Å². The lowest BCUT2D eigenvalue weighted by atomic mass is 10.3. The number of amides is 2. The fraction of sp³-hybridized carbons (Fsp3) is 0.500. The number of rotatable bonds is 4. The average molecular weight is 255 g/mol. The number of nitrogens with zero attached hydrogens (tertiary/aromatic N) is 2. The molecule has 1 N–H and O–H groups in total. The van der Waals surface area contributed by atoms with E-state index in [2.05, 4.69) is 10.5 Å². The number of nitrogens with one attached hydrogen (secondary N) is 1. The number of hydrogen-bond donors (Lipinski definition) is 1. The zero-order valence-corrected chi connectivity index (χ0v) is 10.2. The summed E-state index contributed by atoms with van der Waals surface area (Å²) in [4.78, 5) is 24.5. The summed E-state index contributed by atoms with van der Waals surface area (Å²) in [7, 11) is 0. The molecule has 6 nitrogen and oxygen atoms in total. The van der Waals surface area contributed by atoms with E-state index in [4.69, 9.17) is 4.52 Å². The summed E-state index contributed by atoms with van der Waals surface area (Å²) < 4.78 is 4.83. The minimum atomic E-state index is -0.164. The van der Waals surface area contributed by atoms with Crippen LogP contribution in [0, 0.1) is 6.92 Å². The second-order valence-electron chi connectivity index (χ2n) is 3.72. The van der Waals surface area contributed by atoms with Gasteiger partial charge in [0.2, 0.25) is 5.91 Å². The molecular formula is C10H13N3O3S. The van der Waals surface area contributed by atoms with Gasteiger partial charge in [-0.25, -0.2) is 0 Å². The van der Waals surface area contributed by atoms with Crippen LogP contribution in [-0.2, 0) is 4.79 Å². The van der Waals surface area contributed by atoms with Crippen molar-refractivity contribution in [3.8, 4) is 0 Å². The van der Waals surface area contributed by atoms with Crippen molar-refractivity contribution in [2.45, 2.75) is 13.3 Å². The summed E-state index contributed by atoms with van der Waals surface area (Å²) in [6, 6.07) is 1.65. The molecular weight excluding hydrogens is 242 g/mol. The predicted molar refractivity (Wildman–Crippen MR) is 63.9 cm³/mol. The minimum Gasteiger partial charge on any atom is -0.360 e. The van der Waals surface area contributed by atoms with Crippen LogP contribution in [0.4, 0.5) is 10.6 Å². The maximum Gasteiger partial charge on any atom is 0.281 e. The maximum absolute atomic E-state index is 11.5. The van der Waals surface area contributed by atoms with Gasteiger partial charge in [0.05, 0.1) is 0 Å². The highest BCUT2D eigenvalue weighted by atomic mass is 32.2. The Labute approximate surface area is 103 Å². The molecule has 1 fully saturated rings. The van der Waals surface area contributed by atoms with Crippen molar-refractivity contribution < 1.29 is 14.1 Å². The molecule has 2 heterocycles. The molecule has 2 amide bonds. The molecule has 1 aliphatic heterocycles. The fourth-order valence-electron chi connectivity index (χ4n) is 1.50. The van der Waals surface area contributed by atoms with Crippen LogP contribution in [0.5, 0.6) is 0 Å². The van der Waals surface area contributed by atoms with E-state index in [9.17, 15) is 9.59 Å². The van der Waals surface area contributed by atoms with Crippen molar-refractivity contribution in [3.63, 3.8) is 0 Å². The van der Waals surface area contributed by atoms with Crippen LogP contribution in [0.1, 0.15) is 12.2 Å². The number of anilines is 1. The third kappa shape index (κ3) is 3.23. The summed E-state index contributed by atoms with van der Waals surface area (Å²) in [5.74, 6) is 1.70. The lowest BCUT2D eigenvalue weighted by Crippen LogP contribution is -2.27. The van der Waals surface area contributed by atoms with Gasteiger partial charge in [0.15, 0.2) is 5.82 Å². The van der Waals surface area contributed by atoms with Crippen molar-refractivity contribution in [2.24, 2.45) is 0 Å². The van der Waals surface area contributed by atoms with Gasteiger partial charge in [-0.3, -0.25) is 9.59 Å². The smallest absolute Gasteiger partial charge is 0.281 e. The van der Waals surface area contributed by atoms with Gasteiger partial charge in [-0.2, -0.15) is 0 Å². The van der Waals surface area contributed by atoms with Crippen LogP contribution in [0.3, 0.4) is 0 Å². The molecule has 1 aliphatic rings. The molecule has 2 rings (SSSR count). The molecule has 0 atom stereocenters. The molecule has 0 aromatic carbocycles. The van der Waals surface area contributed by atoms with Gasteiger partial charge in [0, 0.05) is 31.3 Å². The topological polar surface area (TPSA) is 75.4 Å². The second kappa shape index (κ2) is 5.22. The van der Waals surface area contributed by atoms with Gasteiger partial charge >= 0.3 is 0 Å². The number of carbonyl (C=O) groups is 2. The van der Waals surface area contributed by atoms with Crippen molar-refractivity contribution in [3.05, 3.63) is 11.8 Å². The van der Waals surface area contributed by atoms with Crippen LogP contribution in [-0.4, -0.2) is 40.0 Å². The standard InChI is InChI=1S/C10H13N3O3S/c1-7-6-8(12-16-7)11-9(14)2-3-13-4-5-17-10(13)15/h6H,2-5H2,1H3,(H,11,12,14). The lowest BCUT2D eigenvalue weighted by Gasteiger charge is -2.13. The van der Waals surface area contributed by atoms with E-state index in [0.717, 1.165) is 12.3 Å². The van der Waals surface area contributed by atoms with Gasteiger partial charge in [0.25, 0.3) is 5.24 Å². The monoisotopic (exact) mass is 255 g/mol. The van der Waals surface area contributed by atoms with Crippen LogP contribution in [0.25, 0.3) is 0 Å². The number of thioether (sulfide) groups is 1. The first-order valence-electron chi connectivity index (χ1n) is 5.30. The quantitative estimate of drug-likeness (QED) is 0.882. The highest BCUT2D eigenvalue weighted by Crippen LogP contribution is 2.17. The van der Waals surface area contributed by atoms with E-state index in [1.807, 2.05) is 0 Å². The molecule has 7 heteroatoms. The largest absolute Gasteiger partial charge is 0.360 e. The summed E-state index contributed by atoms with van der Waals surface area (Å²) in [6.45, 7) is 2.93. The first kappa shape index (κ1) is 12.0. The van der Waals surface area contributed by atoms with Gasteiger partial charge in [-0.1, -0.05) is 16.9 Å². The van der Waals surface area contributed by atoms with Gasteiger partial charge < -0.3 is 14.7 Å². The van der Waals surface area contributed by atoms with E-state index < -0.39 is 0 Å². The Morgan fingerprint density at radius 2 is 2.53 bits per heavy atom. The van der Waals surface area contributed by atoms with Crippen LogP contribution in [0.15, 0.2) is 10.6 Å². The molecule has 0 bridgehead atoms. The highest BCUT2D eigenvalue weighted by Gasteiger charge is 2.21. The fourth-order valence-corrected chi connectivity index (χ4v) is 2.35. The summed E-state index contributed by atoms with van der Waals surface area (Å²) >= 11 is 1.29. The molecule has 92 valence electrons. The lowest BCUT2D eigenvalue weighted by molar-refractivity contribution is -0.116. The number of aromatic nitrogens is 1. The molecule has 17 heavy (non-hydrogen) atoms. The Bertz CT molecular complexity index is 432. The molecule has 0 aliphatic carbocycles. The molecule has 0 saturated carbocycles. The third-order valence-corrected chi connectivity index (χ3v) is 3.24. The van der Waals surface area contributed by atoms with E-state index in [1.54, 1.807) is 17.9 Å². The Morgan fingerprint density at radius 3 is 3.12 bits per heavy atom. The Kier molecular flexibility index (Phi) is 3.68. The van der Waals surface area contributed by atoms with Gasteiger partial charge in [0.1, 0.15) is 5.76 Å². The number of hydrogen-bond acceptors (Lipinski definition) is 5. The second-order valence-corrected chi connectivity index (χ2v) is 4.77. The Hall–Kier alpha value is -1.50. The first-order chi connectivity index (χ1) is 8.15. The van der Waals surface area contributed by atoms with Crippen LogP contribution in [0.2, 0.25) is 0 Å². The molecule has 0 spiro atoms. The minimum absolute atomic E-state index is 0.0510. The van der Waals surface area contributed by atoms with Crippen LogP contribution < -0.4 is 5.32 Å². The third-order valence-electron chi connectivity index (χ3n) is 2.35. The Balaban J connectivity index is 1.76. The molecule has 1 saturated heterocycles. The summed E-state index contributed by atoms with van der Waals surface area (Å²) in [5, 5.41) is 6.32. The highest BCUT2D eigenvalue weighted by molar-refractivity contribution is 8.13. The zero-order valence-electron chi connectivity index (χ0n) is 9.43. The van der Waals surface area contributed by atoms with Crippen LogP contribution >= 0.6 is 11.8 Å². The maximum atomic E-state index is 11.5. The predicted octanol–water partition coefficient (Wildman–Crippen LogP) is 1.48. The molecule has 1 aromatic rings. The number of aryl methyl sites for hydroxylation is 1. The van der Waals surface area contributed by atoms with E-state index >= 15 is 0 Å². The summed E-state index contributed by atoms with van der Waals surface area (Å²) in [6.07, 6.45) is 0.276. The van der Waals surface area contributed by atoms with E-state index in [1.165, 1.54) is 11.8 Å². The number of carbonyl (C=O) groups excluding carboxylic acids is 2. The molecule has 1 aromatic heterocycles. The molecule has 0 unspecified atom stereocenters. The SMILES string of the molecule is Cc1cc(NC(=O)CCN2CCSC2=O)no1. The summed E-state index contributed by atoms with van der Waals surface area (Å²) in [5.41, 5.74) is 0. The van der Waals surface area contributed by atoms with Crippen molar-refractivity contribution in [1.29, 1.82) is 0 Å². The normalized spacial score (nSPS) is 15.4. The van der Waals surface area contributed by atoms with Crippen molar-refractivity contribution in [1.82, 2.24) is 10.1 Å². The Morgan fingerprint density at radius 1 is 1.71 bits per heavy atom. The first-order valence-corrected chi connectivity index (χ1v) is 6.28. The van der Waals surface area contributed by atoms with E-state index in [-0.39, 0.29) is 17.6 Å². The van der Waals surface area contributed by atoms with Gasteiger partial charge in [-0.05, 0) is 6.92 Å². The molecule has 0 radical (unpaired) electrons.